The third kappa shape index (κ3) is 3.08. The Morgan fingerprint density at radius 3 is 2.55 bits per heavy atom. The lowest BCUT2D eigenvalue weighted by Crippen LogP contribution is -2.15. The zero-order valence-electron chi connectivity index (χ0n) is 9.62. The topological polar surface area (TPSA) is 66.4 Å². The number of carbonyl (C=O) groups is 2. The van der Waals surface area contributed by atoms with E-state index in [2.05, 4.69) is 37.2 Å². The van der Waals surface area contributed by atoms with Crippen molar-refractivity contribution in [2.45, 2.75) is 0 Å². The molecule has 0 spiro atoms. The van der Waals surface area contributed by atoms with Gasteiger partial charge in [0.15, 0.2) is 0 Å². The molecule has 0 radical (unpaired) electrons. The Morgan fingerprint density at radius 2 is 2.00 bits per heavy atom. The molecule has 1 aromatic carbocycles. The van der Waals surface area contributed by atoms with Crippen LogP contribution in [0.2, 0.25) is 0 Å². The Bertz CT molecular complexity index is 683. The number of thiophene rings is 1. The van der Waals surface area contributed by atoms with Gasteiger partial charge in [0.2, 0.25) is 0 Å². The van der Waals surface area contributed by atoms with Crippen molar-refractivity contribution in [2.24, 2.45) is 0 Å². The first kappa shape index (κ1) is 15.1. The summed E-state index contributed by atoms with van der Waals surface area (Å²) >= 11 is 7.63. The van der Waals surface area contributed by atoms with Crippen LogP contribution in [0.15, 0.2) is 32.5 Å². The molecule has 0 saturated heterocycles. The molecule has 0 atom stereocenters. The lowest BCUT2D eigenvalue weighted by atomic mass is 10.1. The largest absolute Gasteiger partial charge is 0.478 e. The number of carbonyl (C=O) groups excluding carboxylic acids is 1. The molecule has 8 heteroatoms. The van der Waals surface area contributed by atoms with Crippen molar-refractivity contribution in [3.05, 3.63) is 48.8 Å². The van der Waals surface area contributed by atoms with Gasteiger partial charge in [-0.2, -0.15) is 0 Å². The fraction of sp³-hybridized carbons (Fsp3) is 0. The van der Waals surface area contributed by atoms with E-state index in [1.54, 1.807) is 6.07 Å². The van der Waals surface area contributed by atoms with Crippen molar-refractivity contribution in [2.75, 3.05) is 5.32 Å². The van der Waals surface area contributed by atoms with Crippen LogP contribution in [0, 0.1) is 5.82 Å². The number of benzene rings is 1. The molecule has 0 bridgehead atoms. The average molecular weight is 423 g/mol. The van der Waals surface area contributed by atoms with Gasteiger partial charge in [0.05, 0.1) is 19.9 Å². The van der Waals surface area contributed by atoms with Crippen molar-refractivity contribution < 1.29 is 19.1 Å². The van der Waals surface area contributed by atoms with Gasteiger partial charge in [-0.3, -0.25) is 4.79 Å². The van der Waals surface area contributed by atoms with Crippen LogP contribution in [0.4, 0.5) is 10.1 Å². The van der Waals surface area contributed by atoms with Crippen molar-refractivity contribution >= 4 is 60.8 Å². The van der Waals surface area contributed by atoms with Crippen LogP contribution >= 0.6 is 43.2 Å². The molecule has 0 saturated carbocycles. The Hall–Kier alpha value is -1.25. The number of amides is 1. The van der Waals surface area contributed by atoms with E-state index in [4.69, 9.17) is 5.11 Å². The monoisotopic (exact) mass is 421 g/mol. The van der Waals surface area contributed by atoms with Crippen molar-refractivity contribution in [3.63, 3.8) is 0 Å². The summed E-state index contributed by atoms with van der Waals surface area (Å²) in [5.41, 5.74) is -0.640. The number of carboxylic acids is 1. The minimum atomic E-state index is -1.31. The van der Waals surface area contributed by atoms with Gasteiger partial charge in [0.25, 0.3) is 5.91 Å². The molecule has 1 heterocycles. The third-order valence-corrected chi connectivity index (χ3v) is 5.61. The van der Waals surface area contributed by atoms with E-state index in [1.165, 1.54) is 12.1 Å². The van der Waals surface area contributed by atoms with Gasteiger partial charge in [-0.05, 0) is 50.1 Å². The number of rotatable bonds is 3. The summed E-state index contributed by atoms with van der Waals surface area (Å²) in [6.45, 7) is 0. The fourth-order valence-electron chi connectivity index (χ4n) is 1.46. The Balaban J connectivity index is 2.35. The summed E-state index contributed by atoms with van der Waals surface area (Å²) in [7, 11) is 0. The van der Waals surface area contributed by atoms with Gasteiger partial charge in [-0.25, -0.2) is 9.18 Å². The van der Waals surface area contributed by atoms with Gasteiger partial charge in [-0.1, -0.05) is 6.07 Å². The molecular weight excluding hydrogens is 417 g/mol. The number of nitrogens with one attached hydrogen (secondary N) is 1. The van der Waals surface area contributed by atoms with E-state index in [0.29, 0.717) is 9.35 Å². The zero-order valence-corrected chi connectivity index (χ0v) is 13.6. The maximum atomic E-state index is 13.7. The van der Waals surface area contributed by atoms with Crippen LogP contribution in [0.25, 0.3) is 0 Å². The first-order valence-electron chi connectivity index (χ1n) is 5.18. The molecule has 104 valence electrons. The number of halogens is 3. The van der Waals surface area contributed by atoms with E-state index >= 15 is 0 Å². The summed E-state index contributed by atoms with van der Waals surface area (Å²) in [5.74, 6) is -2.68. The molecule has 0 fully saturated rings. The van der Waals surface area contributed by atoms with Crippen molar-refractivity contribution in [3.8, 4) is 0 Å². The number of carboxylic acid groups (broad SMARTS) is 1. The summed E-state index contributed by atoms with van der Waals surface area (Å²) in [6.07, 6.45) is 0. The zero-order chi connectivity index (χ0) is 14.9. The highest BCUT2D eigenvalue weighted by molar-refractivity contribution is 9.13. The molecule has 0 aliphatic carbocycles. The third-order valence-electron chi connectivity index (χ3n) is 2.35. The molecule has 2 aromatic rings. The van der Waals surface area contributed by atoms with Crippen molar-refractivity contribution in [1.29, 1.82) is 0 Å². The smallest absolute Gasteiger partial charge is 0.337 e. The molecule has 4 nitrogen and oxygen atoms in total. The Labute approximate surface area is 133 Å². The van der Waals surface area contributed by atoms with Gasteiger partial charge in [-0.15, -0.1) is 11.3 Å². The van der Waals surface area contributed by atoms with Crippen LogP contribution in [-0.2, 0) is 0 Å². The molecular formula is C12H6Br2FNO3S. The first-order valence-corrected chi connectivity index (χ1v) is 7.58. The van der Waals surface area contributed by atoms with E-state index in [9.17, 15) is 14.0 Å². The molecule has 0 unspecified atom stereocenters. The second-order valence-corrected chi connectivity index (χ2v) is 6.88. The van der Waals surface area contributed by atoms with E-state index in [-0.39, 0.29) is 11.3 Å². The highest BCUT2D eigenvalue weighted by Crippen LogP contribution is 2.33. The number of hydrogen-bond donors (Lipinski definition) is 2. The molecule has 20 heavy (non-hydrogen) atoms. The van der Waals surface area contributed by atoms with E-state index < -0.39 is 17.7 Å². The predicted octanol–water partition coefficient (Wildman–Crippen LogP) is 4.36. The number of para-hydroxylation sites is 1. The first-order chi connectivity index (χ1) is 9.40. The minimum Gasteiger partial charge on any atom is -0.478 e. The quantitative estimate of drug-likeness (QED) is 0.772. The van der Waals surface area contributed by atoms with Gasteiger partial charge >= 0.3 is 5.97 Å². The van der Waals surface area contributed by atoms with Crippen LogP contribution in [0.1, 0.15) is 20.0 Å². The number of anilines is 1. The maximum Gasteiger partial charge on any atom is 0.337 e. The van der Waals surface area contributed by atoms with Crippen LogP contribution in [0.5, 0.6) is 0 Å². The summed E-state index contributed by atoms with van der Waals surface area (Å²) in [6, 6.07) is 5.14. The average Bonchev–Trinajstić information content (AvgIpc) is 2.72. The Morgan fingerprint density at radius 1 is 1.30 bits per heavy atom. The minimum absolute atomic E-state index is 0.298. The summed E-state index contributed by atoms with van der Waals surface area (Å²) in [4.78, 5) is 23.3. The number of aromatic carboxylic acids is 1. The standard InChI is InChI=1S/C12H6Br2FNO3S/c13-6-4-8(20-10(6)14)11(17)16-9-5(12(18)19)2-1-3-7(9)15/h1-4H,(H,16,17)(H,18,19). The highest BCUT2D eigenvalue weighted by Gasteiger charge is 2.19. The molecule has 1 aromatic heterocycles. The van der Waals surface area contributed by atoms with Crippen LogP contribution < -0.4 is 5.32 Å². The van der Waals surface area contributed by atoms with Gasteiger partial charge in [0.1, 0.15) is 5.82 Å². The van der Waals surface area contributed by atoms with Crippen LogP contribution in [0.3, 0.4) is 0 Å². The lowest BCUT2D eigenvalue weighted by Gasteiger charge is -2.08. The fourth-order valence-corrected chi connectivity index (χ4v) is 3.39. The molecule has 1 amide bonds. The second kappa shape index (κ2) is 6.02. The van der Waals surface area contributed by atoms with Gasteiger partial charge < -0.3 is 10.4 Å². The van der Waals surface area contributed by atoms with E-state index in [0.717, 1.165) is 21.2 Å². The maximum absolute atomic E-state index is 13.7. The highest BCUT2D eigenvalue weighted by atomic mass is 79.9. The normalized spacial score (nSPS) is 10.3. The van der Waals surface area contributed by atoms with Crippen LogP contribution in [-0.4, -0.2) is 17.0 Å². The van der Waals surface area contributed by atoms with Crippen molar-refractivity contribution in [1.82, 2.24) is 0 Å². The lowest BCUT2D eigenvalue weighted by molar-refractivity contribution is 0.0697. The second-order valence-electron chi connectivity index (χ2n) is 3.65. The SMILES string of the molecule is O=C(Nc1c(F)cccc1C(=O)O)c1cc(Br)c(Br)s1. The Kier molecular flexibility index (Phi) is 4.56. The molecule has 2 N–H and O–H groups in total. The number of hydrogen-bond acceptors (Lipinski definition) is 3. The summed E-state index contributed by atoms with van der Waals surface area (Å²) < 4.78 is 15.1. The molecule has 0 aliphatic rings. The summed E-state index contributed by atoms with van der Waals surface area (Å²) in [5, 5.41) is 11.3. The van der Waals surface area contributed by atoms with Gasteiger partial charge in [0, 0.05) is 4.47 Å². The molecule has 0 aliphatic heterocycles. The molecule has 2 rings (SSSR count). The van der Waals surface area contributed by atoms with E-state index in [1.807, 2.05) is 0 Å². The predicted molar refractivity (Wildman–Crippen MR) is 81.0 cm³/mol.